The van der Waals surface area contributed by atoms with Crippen LogP contribution in [0, 0.1) is 13.8 Å². The summed E-state index contributed by atoms with van der Waals surface area (Å²) in [5.74, 6) is 0.303. The van der Waals surface area contributed by atoms with Gasteiger partial charge in [0.1, 0.15) is 0 Å². The molecular weight excluding hydrogens is 222 g/mol. The zero-order chi connectivity index (χ0) is 11.8. The van der Waals surface area contributed by atoms with E-state index in [0.29, 0.717) is 18.8 Å². The van der Waals surface area contributed by atoms with Crippen molar-refractivity contribution in [2.45, 2.75) is 26.8 Å². The van der Waals surface area contributed by atoms with Gasteiger partial charge in [-0.1, -0.05) is 23.8 Å². The molecule has 1 aliphatic rings. The Labute approximate surface area is 97.1 Å². The van der Waals surface area contributed by atoms with Crippen molar-refractivity contribution in [2.24, 2.45) is 0 Å². The van der Waals surface area contributed by atoms with E-state index in [1.165, 1.54) is 5.56 Å². The molecule has 88 valence electrons. The van der Waals surface area contributed by atoms with Crippen LogP contribution in [-0.4, -0.2) is 25.0 Å². The van der Waals surface area contributed by atoms with Crippen molar-refractivity contribution >= 4 is 10.0 Å². The lowest BCUT2D eigenvalue weighted by Gasteiger charge is -2.16. The zero-order valence-electron chi connectivity index (χ0n) is 9.73. The highest BCUT2D eigenvalue weighted by molar-refractivity contribution is 7.89. The van der Waals surface area contributed by atoms with Crippen LogP contribution in [0.25, 0.3) is 0 Å². The fourth-order valence-electron chi connectivity index (χ4n) is 2.03. The molecule has 4 heteroatoms. The predicted octanol–water partition coefficient (Wildman–Crippen LogP) is 1.84. The summed E-state index contributed by atoms with van der Waals surface area (Å²) in [5.41, 5.74) is 3.45. The third-order valence-corrected chi connectivity index (χ3v) is 4.96. The van der Waals surface area contributed by atoms with Crippen LogP contribution in [0.3, 0.4) is 0 Å². The molecule has 0 bridgehead atoms. The molecule has 1 aliphatic heterocycles. The summed E-state index contributed by atoms with van der Waals surface area (Å²) in [6, 6.07) is 6.17. The van der Waals surface area contributed by atoms with Crippen molar-refractivity contribution in [1.29, 1.82) is 0 Å². The summed E-state index contributed by atoms with van der Waals surface area (Å²) in [6.45, 7) is 5.24. The average molecular weight is 239 g/mol. The van der Waals surface area contributed by atoms with Crippen molar-refractivity contribution in [3.05, 3.63) is 34.9 Å². The van der Waals surface area contributed by atoms with Gasteiger partial charge in [-0.3, -0.25) is 0 Å². The number of sulfonamides is 1. The van der Waals surface area contributed by atoms with Crippen molar-refractivity contribution in [1.82, 2.24) is 4.31 Å². The molecule has 0 aliphatic carbocycles. The molecule has 3 nitrogen and oxygen atoms in total. The van der Waals surface area contributed by atoms with E-state index in [9.17, 15) is 8.42 Å². The number of nitrogens with zero attached hydrogens (tertiary/aromatic N) is 1. The summed E-state index contributed by atoms with van der Waals surface area (Å²) >= 11 is 0. The van der Waals surface area contributed by atoms with Crippen LogP contribution in [-0.2, 0) is 16.6 Å². The maximum atomic E-state index is 11.7. The number of aryl methyl sites for hydroxylation is 2. The Morgan fingerprint density at radius 2 is 2.06 bits per heavy atom. The lowest BCUT2D eigenvalue weighted by Crippen LogP contribution is -2.25. The zero-order valence-corrected chi connectivity index (χ0v) is 10.5. The summed E-state index contributed by atoms with van der Waals surface area (Å²) < 4.78 is 25.0. The average Bonchev–Trinajstić information content (AvgIpc) is 2.52. The highest BCUT2D eigenvalue weighted by atomic mass is 32.2. The van der Waals surface area contributed by atoms with E-state index >= 15 is 0 Å². The van der Waals surface area contributed by atoms with Crippen molar-refractivity contribution in [2.75, 3.05) is 12.3 Å². The van der Waals surface area contributed by atoms with E-state index in [1.807, 2.05) is 19.9 Å². The van der Waals surface area contributed by atoms with Gasteiger partial charge in [0.25, 0.3) is 0 Å². The first-order chi connectivity index (χ1) is 7.49. The van der Waals surface area contributed by atoms with Gasteiger partial charge >= 0.3 is 0 Å². The second-order valence-electron chi connectivity index (χ2n) is 4.43. The lowest BCUT2D eigenvalue weighted by atomic mass is 10.1. The van der Waals surface area contributed by atoms with Crippen LogP contribution in [0.5, 0.6) is 0 Å². The van der Waals surface area contributed by atoms with Gasteiger partial charge in [0.15, 0.2) is 0 Å². The Kier molecular flexibility index (Phi) is 3.04. The first-order valence-electron chi connectivity index (χ1n) is 5.53. The first-order valence-corrected chi connectivity index (χ1v) is 7.14. The molecule has 16 heavy (non-hydrogen) atoms. The van der Waals surface area contributed by atoms with Crippen LogP contribution >= 0.6 is 0 Å². The van der Waals surface area contributed by atoms with Gasteiger partial charge in [0.2, 0.25) is 10.0 Å². The predicted molar refractivity (Wildman–Crippen MR) is 64.7 cm³/mol. The number of hydrogen-bond donors (Lipinski definition) is 0. The van der Waals surface area contributed by atoms with E-state index in [-0.39, 0.29) is 0 Å². The maximum Gasteiger partial charge on any atom is 0.214 e. The molecule has 0 spiro atoms. The van der Waals surface area contributed by atoms with Gasteiger partial charge in [-0.25, -0.2) is 8.42 Å². The van der Waals surface area contributed by atoms with Gasteiger partial charge in [-0.05, 0) is 31.4 Å². The Morgan fingerprint density at radius 3 is 2.69 bits per heavy atom. The highest BCUT2D eigenvalue weighted by Gasteiger charge is 2.28. The van der Waals surface area contributed by atoms with Crippen LogP contribution in [0.2, 0.25) is 0 Å². The van der Waals surface area contributed by atoms with Gasteiger partial charge in [-0.15, -0.1) is 0 Å². The maximum absolute atomic E-state index is 11.7. The molecule has 1 saturated heterocycles. The molecule has 1 heterocycles. The number of benzene rings is 1. The van der Waals surface area contributed by atoms with Crippen LogP contribution < -0.4 is 0 Å². The second kappa shape index (κ2) is 4.18. The smallest absolute Gasteiger partial charge is 0.212 e. The van der Waals surface area contributed by atoms with Crippen molar-refractivity contribution in [3.8, 4) is 0 Å². The quantitative estimate of drug-likeness (QED) is 0.789. The largest absolute Gasteiger partial charge is 0.214 e. The number of rotatable bonds is 2. The molecule has 2 rings (SSSR count). The second-order valence-corrected chi connectivity index (χ2v) is 6.52. The lowest BCUT2D eigenvalue weighted by molar-refractivity contribution is 0.439. The van der Waals surface area contributed by atoms with E-state index < -0.39 is 10.0 Å². The summed E-state index contributed by atoms with van der Waals surface area (Å²) in [7, 11) is -2.98. The van der Waals surface area contributed by atoms with E-state index in [2.05, 4.69) is 12.1 Å². The third kappa shape index (κ3) is 2.28. The van der Waals surface area contributed by atoms with Crippen LogP contribution in [0.1, 0.15) is 23.1 Å². The molecular formula is C12H17NO2S. The summed E-state index contributed by atoms with van der Waals surface area (Å²) in [4.78, 5) is 0. The monoisotopic (exact) mass is 239 g/mol. The molecule has 0 amide bonds. The number of hydrogen-bond acceptors (Lipinski definition) is 2. The fraction of sp³-hybridized carbons (Fsp3) is 0.500. The van der Waals surface area contributed by atoms with E-state index in [0.717, 1.165) is 17.5 Å². The molecule has 0 aromatic heterocycles. The first kappa shape index (κ1) is 11.6. The van der Waals surface area contributed by atoms with Crippen LogP contribution in [0.4, 0.5) is 0 Å². The van der Waals surface area contributed by atoms with Gasteiger partial charge < -0.3 is 0 Å². The summed E-state index contributed by atoms with van der Waals surface area (Å²) in [5, 5.41) is 0. The van der Waals surface area contributed by atoms with Crippen LogP contribution in [0.15, 0.2) is 18.2 Å². The Balaban J connectivity index is 2.24. The molecule has 1 fully saturated rings. The minimum atomic E-state index is -2.98. The minimum absolute atomic E-state index is 0.303. The fourth-order valence-corrected chi connectivity index (χ4v) is 3.52. The normalized spacial score (nSPS) is 20.1. The Bertz CT molecular complexity index is 494. The molecule has 0 radical (unpaired) electrons. The summed E-state index contributed by atoms with van der Waals surface area (Å²) in [6.07, 6.45) is 0.757. The topological polar surface area (TPSA) is 37.4 Å². The third-order valence-electron chi connectivity index (χ3n) is 3.05. The molecule has 0 saturated carbocycles. The highest BCUT2D eigenvalue weighted by Crippen LogP contribution is 2.19. The molecule has 0 unspecified atom stereocenters. The van der Waals surface area contributed by atoms with Gasteiger partial charge in [-0.2, -0.15) is 4.31 Å². The Morgan fingerprint density at radius 1 is 1.31 bits per heavy atom. The van der Waals surface area contributed by atoms with Crippen molar-refractivity contribution in [3.63, 3.8) is 0 Å². The van der Waals surface area contributed by atoms with Gasteiger partial charge in [0, 0.05) is 13.1 Å². The molecule has 1 aromatic rings. The molecule has 0 atom stereocenters. The molecule has 1 aromatic carbocycles. The standard InChI is InChI=1S/C12H17NO2S/c1-10-4-5-11(2)12(8-10)9-13-6-3-7-16(13,14)15/h4-5,8H,3,6-7,9H2,1-2H3. The minimum Gasteiger partial charge on any atom is -0.212 e. The van der Waals surface area contributed by atoms with E-state index in [4.69, 9.17) is 0 Å². The Hall–Kier alpha value is -0.870. The van der Waals surface area contributed by atoms with Gasteiger partial charge in [0.05, 0.1) is 5.75 Å². The SMILES string of the molecule is Cc1ccc(C)c(CN2CCCS2(=O)=O)c1. The molecule has 0 N–H and O–H groups in total. The van der Waals surface area contributed by atoms with E-state index in [1.54, 1.807) is 4.31 Å². The van der Waals surface area contributed by atoms with Crippen molar-refractivity contribution < 1.29 is 8.42 Å².